The van der Waals surface area contributed by atoms with Crippen LogP contribution in [0, 0.1) is 0 Å². The SMILES string of the molecule is O=C(O)Cn1c(=NC(=O)c2cccc(Cl)c2)sc2cc(Cl)ccc21. The highest BCUT2D eigenvalue weighted by atomic mass is 35.5. The Hall–Kier alpha value is -2.15. The summed E-state index contributed by atoms with van der Waals surface area (Å²) >= 11 is 13.1. The van der Waals surface area contributed by atoms with Gasteiger partial charge < -0.3 is 9.67 Å². The van der Waals surface area contributed by atoms with Gasteiger partial charge in [0.1, 0.15) is 6.54 Å². The van der Waals surface area contributed by atoms with Gasteiger partial charge >= 0.3 is 5.97 Å². The van der Waals surface area contributed by atoms with Gasteiger partial charge in [-0.2, -0.15) is 4.99 Å². The summed E-state index contributed by atoms with van der Waals surface area (Å²) in [4.78, 5) is 27.8. The molecule has 8 heteroatoms. The van der Waals surface area contributed by atoms with Crippen LogP contribution in [0.4, 0.5) is 0 Å². The highest BCUT2D eigenvalue weighted by molar-refractivity contribution is 7.16. The number of rotatable bonds is 3. The zero-order chi connectivity index (χ0) is 17.3. The number of thiazole rings is 1. The number of carbonyl (C=O) groups excluding carboxylic acids is 1. The Balaban J connectivity index is 2.16. The van der Waals surface area contributed by atoms with E-state index in [1.807, 2.05) is 0 Å². The van der Waals surface area contributed by atoms with E-state index in [1.165, 1.54) is 22.0 Å². The molecule has 5 nitrogen and oxygen atoms in total. The maximum atomic E-state index is 12.3. The second kappa shape index (κ2) is 6.76. The fraction of sp³-hybridized carbons (Fsp3) is 0.0625. The molecule has 2 aromatic carbocycles. The van der Waals surface area contributed by atoms with Gasteiger partial charge in [-0.1, -0.05) is 40.6 Å². The van der Waals surface area contributed by atoms with Crippen molar-refractivity contribution >= 4 is 56.6 Å². The Morgan fingerprint density at radius 2 is 1.88 bits per heavy atom. The van der Waals surface area contributed by atoms with Crippen molar-refractivity contribution in [1.82, 2.24) is 4.57 Å². The van der Waals surface area contributed by atoms with Crippen LogP contribution in [0.2, 0.25) is 10.0 Å². The van der Waals surface area contributed by atoms with Crippen LogP contribution >= 0.6 is 34.5 Å². The van der Waals surface area contributed by atoms with Crippen LogP contribution in [-0.2, 0) is 11.3 Å². The number of carboxylic acids is 1. The number of carboxylic acid groups (broad SMARTS) is 1. The molecule has 3 rings (SSSR count). The van der Waals surface area contributed by atoms with Crippen LogP contribution in [0.1, 0.15) is 10.4 Å². The largest absolute Gasteiger partial charge is 0.480 e. The van der Waals surface area contributed by atoms with Gasteiger partial charge in [0.2, 0.25) is 0 Å². The second-order valence-corrected chi connectivity index (χ2v) is 6.79. The van der Waals surface area contributed by atoms with Crippen molar-refractivity contribution in [2.24, 2.45) is 4.99 Å². The van der Waals surface area contributed by atoms with Crippen LogP contribution in [0.3, 0.4) is 0 Å². The summed E-state index contributed by atoms with van der Waals surface area (Å²) in [6.45, 7) is -0.302. The van der Waals surface area contributed by atoms with Crippen molar-refractivity contribution in [3.63, 3.8) is 0 Å². The second-order valence-electron chi connectivity index (χ2n) is 4.90. The number of aromatic nitrogens is 1. The fourth-order valence-electron chi connectivity index (χ4n) is 2.19. The maximum absolute atomic E-state index is 12.3. The van der Waals surface area contributed by atoms with Gasteiger partial charge in [-0.15, -0.1) is 0 Å². The molecule has 0 saturated carbocycles. The molecule has 122 valence electrons. The summed E-state index contributed by atoms with van der Waals surface area (Å²) in [6.07, 6.45) is 0. The van der Waals surface area contributed by atoms with E-state index in [0.29, 0.717) is 25.9 Å². The number of benzene rings is 2. The van der Waals surface area contributed by atoms with E-state index in [-0.39, 0.29) is 6.54 Å². The first-order chi connectivity index (χ1) is 11.4. The third-order valence-electron chi connectivity index (χ3n) is 3.21. The van der Waals surface area contributed by atoms with Crippen molar-refractivity contribution in [2.75, 3.05) is 0 Å². The summed E-state index contributed by atoms with van der Waals surface area (Å²) in [5.41, 5.74) is 0.990. The number of fused-ring (bicyclic) bond motifs is 1. The molecule has 0 fully saturated rings. The zero-order valence-corrected chi connectivity index (χ0v) is 14.4. The molecule has 0 saturated heterocycles. The Kier molecular flexibility index (Phi) is 4.71. The van der Waals surface area contributed by atoms with E-state index in [2.05, 4.69) is 4.99 Å². The molecule has 0 aliphatic carbocycles. The van der Waals surface area contributed by atoms with E-state index in [1.54, 1.807) is 36.4 Å². The number of aliphatic carboxylic acids is 1. The minimum atomic E-state index is -1.03. The van der Waals surface area contributed by atoms with E-state index in [4.69, 9.17) is 28.3 Å². The van der Waals surface area contributed by atoms with E-state index >= 15 is 0 Å². The number of carbonyl (C=O) groups is 2. The van der Waals surface area contributed by atoms with Crippen molar-refractivity contribution in [1.29, 1.82) is 0 Å². The highest BCUT2D eigenvalue weighted by Crippen LogP contribution is 2.22. The zero-order valence-electron chi connectivity index (χ0n) is 12.1. The number of nitrogens with zero attached hydrogens (tertiary/aromatic N) is 2. The van der Waals surface area contributed by atoms with Crippen molar-refractivity contribution < 1.29 is 14.7 Å². The Bertz CT molecular complexity index is 1020. The van der Waals surface area contributed by atoms with Crippen LogP contribution < -0.4 is 4.80 Å². The summed E-state index contributed by atoms with van der Waals surface area (Å²) < 4.78 is 2.22. The van der Waals surface area contributed by atoms with Gasteiger partial charge in [0, 0.05) is 15.6 Å². The number of amides is 1. The predicted molar refractivity (Wildman–Crippen MR) is 93.8 cm³/mol. The lowest BCUT2D eigenvalue weighted by atomic mass is 10.2. The Morgan fingerprint density at radius 1 is 1.12 bits per heavy atom. The summed E-state index contributed by atoms with van der Waals surface area (Å²) in [5, 5.41) is 10.1. The highest BCUT2D eigenvalue weighted by Gasteiger charge is 2.12. The summed E-state index contributed by atoms with van der Waals surface area (Å²) in [6, 6.07) is 11.5. The van der Waals surface area contributed by atoms with Gasteiger partial charge in [0.05, 0.1) is 10.2 Å². The standard InChI is InChI=1S/C16H10Cl2N2O3S/c17-10-3-1-2-9(6-10)15(23)19-16-20(8-14(21)22)12-5-4-11(18)7-13(12)24-16/h1-7H,8H2,(H,21,22). The molecule has 24 heavy (non-hydrogen) atoms. The average molecular weight is 381 g/mol. The van der Waals surface area contributed by atoms with E-state index in [0.717, 1.165) is 4.70 Å². The minimum Gasteiger partial charge on any atom is -0.480 e. The molecule has 0 aliphatic heterocycles. The van der Waals surface area contributed by atoms with Crippen LogP contribution in [0.5, 0.6) is 0 Å². The molecule has 0 spiro atoms. The molecule has 0 radical (unpaired) electrons. The summed E-state index contributed by atoms with van der Waals surface area (Å²) in [7, 11) is 0. The van der Waals surface area contributed by atoms with Gasteiger partial charge in [0.25, 0.3) is 5.91 Å². The molecular weight excluding hydrogens is 371 g/mol. The number of hydrogen-bond acceptors (Lipinski definition) is 3. The molecular formula is C16H10Cl2N2O3S. The van der Waals surface area contributed by atoms with Gasteiger partial charge in [0.15, 0.2) is 4.80 Å². The van der Waals surface area contributed by atoms with Crippen molar-refractivity contribution in [3.05, 3.63) is 62.9 Å². The lowest BCUT2D eigenvalue weighted by molar-refractivity contribution is -0.137. The van der Waals surface area contributed by atoms with E-state index in [9.17, 15) is 9.59 Å². The van der Waals surface area contributed by atoms with Gasteiger partial charge in [-0.05, 0) is 36.4 Å². The molecule has 1 aromatic heterocycles. The fourth-order valence-corrected chi connectivity index (χ4v) is 3.69. The third kappa shape index (κ3) is 3.51. The molecule has 1 heterocycles. The molecule has 1 amide bonds. The van der Waals surface area contributed by atoms with E-state index < -0.39 is 11.9 Å². The first-order valence-corrected chi connectivity index (χ1v) is 8.36. The molecule has 0 bridgehead atoms. The monoisotopic (exact) mass is 380 g/mol. The summed E-state index contributed by atoms with van der Waals surface area (Å²) in [5.74, 6) is -1.52. The maximum Gasteiger partial charge on any atom is 0.323 e. The molecule has 0 atom stereocenters. The first kappa shape index (κ1) is 16.7. The van der Waals surface area contributed by atoms with Crippen LogP contribution in [0.15, 0.2) is 47.5 Å². The predicted octanol–water partition coefficient (Wildman–Crippen LogP) is 3.84. The normalized spacial score (nSPS) is 11.8. The number of halogens is 2. The van der Waals surface area contributed by atoms with Crippen LogP contribution in [-0.4, -0.2) is 21.6 Å². The molecule has 1 N–H and O–H groups in total. The number of hydrogen-bond donors (Lipinski definition) is 1. The van der Waals surface area contributed by atoms with Crippen molar-refractivity contribution in [2.45, 2.75) is 6.54 Å². The van der Waals surface area contributed by atoms with Gasteiger partial charge in [-0.25, -0.2) is 0 Å². The molecule has 0 aliphatic rings. The average Bonchev–Trinajstić information content (AvgIpc) is 2.83. The Labute approximate surface area is 150 Å². The first-order valence-electron chi connectivity index (χ1n) is 6.79. The lowest BCUT2D eigenvalue weighted by Gasteiger charge is -2.01. The minimum absolute atomic E-state index is 0.291. The Morgan fingerprint density at radius 3 is 2.58 bits per heavy atom. The molecule has 3 aromatic rings. The smallest absolute Gasteiger partial charge is 0.323 e. The van der Waals surface area contributed by atoms with Crippen molar-refractivity contribution in [3.8, 4) is 0 Å². The molecule has 0 unspecified atom stereocenters. The van der Waals surface area contributed by atoms with Crippen LogP contribution in [0.25, 0.3) is 10.2 Å². The topological polar surface area (TPSA) is 71.7 Å². The van der Waals surface area contributed by atoms with Gasteiger partial charge in [-0.3, -0.25) is 9.59 Å². The quantitative estimate of drug-likeness (QED) is 0.750. The third-order valence-corrected chi connectivity index (χ3v) is 4.72. The lowest BCUT2D eigenvalue weighted by Crippen LogP contribution is -2.21.